The van der Waals surface area contributed by atoms with Crippen molar-refractivity contribution in [1.29, 1.82) is 0 Å². The summed E-state index contributed by atoms with van der Waals surface area (Å²) in [5.74, 6) is 0.996. The largest absolute Gasteiger partial charge is 0.344 e. The Morgan fingerprint density at radius 3 is 2.94 bits per heavy atom. The maximum absolute atomic E-state index is 4.65. The molecule has 1 heterocycles. The van der Waals surface area contributed by atoms with E-state index < -0.39 is 0 Å². The van der Waals surface area contributed by atoms with E-state index in [2.05, 4.69) is 57.2 Å². The third kappa shape index (κ3) is 3.21. The lowest BCUT2D eigenvalue weighted by Gasteiger charge is -1.99. The first-order valence-electron chi connectivity index (χ1n) is 6.23. The molecule has 96 valence electrons. The molecule has 0 amide bonds. The van der Waals surface area contributed by atoms with Crippen molar-refractivity contribution in [1.82, 2.24) is 15.3 Å². The van der Waals surface area contributed by atoms with E-state index in [9.17, 15) is 0 Å². The number of aromatic nitrogens is 2. The first-order valence-corrected chi connectivity index (χ1v) is 7.02. The van der Waals surface area contributed by atoms with Gasteiger partial charge in [-0.25, -0.2) is 4.98 Å². The van der Waals surface area contributed by atoms with Gasteiger partial charge in [0.15, 0.2) is 0 Å². The van der Waals surface area contributed by atoms with Gasteiger partial charge < -0.3 is 10.3 Å². The molecule has 2 rings (SSSR count). The Bertz CT molecular complexity index is 520. The maximum atomic E-state index is 4.65. The van der Waals surface area contributed by atoms with Crippen LogP contribution in [0.15, 0.2) is 28.7 Å². The van der Waals surface area contributed by atoms with Crippen molar-refractivity contribution in [2.45, 2.75) is 26.8 Å². The van der Waals surface area contributed by atoms with Crippen LogP contribution >= 0.6 is 15.9 Å². The van der Waals surface area contributed by atoms with Crippen LogP contribution in [0.1, 0.15) is 24.9 Å². The van der Waals surface area contributed by atoms with Gasteiger partial charge in [0.2, 0.25) is 0 Å². The summed E-state index contributed by atoms with van der Waals surface area (Å²) >= 11 is 3.49. The molecule has 0 bridgehead atoms. The molecule has 0 saturated carbocycles. The number of rotatable bonds is 5. The summed E-state index contributed by atoms with van der Waals surface area (Å²) in [6.07, 6.45) is 1.14. The van der Waals surface area contributed by atoms with Crippen LogP contribution < -0.4 is 5.32 Å². The molecule has 0 spiro atoms. The minimum absolute atomic E-state index is 0.794. The molecule has 2 N–H and O–H groups in total. The van der Waals surface area contributed by atoms with Crippen LogP contribution in [0.4, 0.5) is 0 Å². The Hall–Kier alpha value is -1.13. The zero-order valence-electron chi connectivity index (χ0n) is 10.8. The topological polar surface area (TPSA) is 40.7 Å². The highest BCUT2D eigenvalue weighted by Gasteiger charge is 2.08. The van der Waals surface area contributed by atoms with Gasteiger partial charge in [-0.2, -0.15) is 0 Å². The van der Waals surface area contributed by atoms with Crippen LogP contribution in [0, 0.1) is 6.92 Å². The van der Waals surface area contributed by atoms with Gasteiger partial charge in [-0.05, 0) is 32.0 Å². The Balaban J connectivity index is 2.18. The summed E-state index contributed by atoms with van der Waals surface area (Å²) in [5.41, 5.74) is 3.28. The lowest BCUT2D eigenvalue weighted by molar-refractivity contribution is 0.655. The monoisotopic (exact) mass is 307 g/mol. The summed E-state index contributed by atoms with van der Waals surface area (Å²) in [6, 6.07) is 8.22. The Kier molecular flexibility index (Phi) is 4.55. The number of benzene rings is 1. The molecular formula is C14H18BrN3. The van der Waals surface area contributed by atoms with Gasteiger partial charge in [0.05, 0.1) is 12.2 Å². The molecule has 3 nitrogen and oxygen atoms in total. The Morgan fingerprint density at radius 1 is 1.39 bits per heavy atom. The predicted octanol–water partition coefficient (Wildman–Crippen LogP) is 3.65. The molecule has 2 aromatic rings. The number of nitrogens with zero attached hydrogens (tertiary/aromatic N) is 1. The number of halogens is 1. The van der Waals surface area contributed by atoms with Crippen LogP contribution in [-0.2, 0) is 6.54 Å². The Labute approximate surface area is 116 Å². The number of H-pyrrole nitrogens is 1. The minimum atomic E-state index is 0.794. The fraction of sp³-hybridized carbons (Fsp3) is 0.357. The van der Waals surface area contributed by atoms with Crippen molar-refractivity contribution in [3.63, 3.8) is 0 Å². The summed E-state index contributed by atoms with van der Waals surface area (Å²) in [4.78, 5) is 7.99. The predicted molar refractivity (Wildman–Crippen MR) is 78.5 cm³/mol. The highest BCUT2D eigenvalue weighted by Crippen LogP contribution is 2.24. The van der Waals surface area contributed by atoms with Crippen molar-refractivity contribution in [3.05, 3.63) is 40.3 Å². The second-order valence-electron chi connectivity index (χ2n) is 4.34. The van der Waals surface area contributed by atoms with Gasteiger partial charge in [-0.1, -0.05) is 35.0 Å². The third-order valence-corrected chi connectivity index (χ3v) is 3.24. The molecule has 18 heavy (non-hydrogen) atoms. The normalized spacial score (nSPS) is 10.8. The number of nitrogens with one attached hydrogen (secondary N) is 2. The van der Waals surface area contributed by atoms with Gasteiger partial charge in [0.25, 0.3) is 0 Å². The van der Waals surface area contributed by atoms with Crippen LogP contribution in [0.5, 0.6) is 0 Å². The molecule has 0 radical (unpaired) electrons. The van der Waals surface area contributed by atoms with E-state index in [0.717, 1.165) is 46.8 Å². The molecule has 0 saturated heterocycles. The number of imidazole rings is 1. The molecule has 0 aliphatic rings. The van der Waals surface area contributed by atoms with Crippen molar-refractivity contribution >= 4 is 15.9 Å². The van der Waals surface area contributed by atoms with Crippen molar-refractivity contribution in [2.24, 2.45) is 0 Å². The smallest absolute Gasteiger partial charge is 0.121 e. The summed E-state index contributed by atoms with van der Waals surface area (Å²) < 4.78 is 1.08. The summed E-state index contributed by atoms with van der Waals surface area (Å²) in [7, 11) is 0. The first kappa shape index (κ1) is 13.3. The average molecular weight is 308 g/mol. The number of aromatic amines is 1. The van der Waals surface area contributed by atoms with E-state index in [4.69, 9.17) is 0 Å². The second-order valence-corrected chi connectivity index (χ2v) is 5.26. The molecule has 0 aliphatic heterocycles. The van der Waals surface area contributed by atoms with Gasteiger partial charge in [0.1, 0.15) is 5.82 Å². The third-order valence-electron chi connectivity index (χ3n) is 2.75. The molecule has 4 heteroatoms. The fourth-order valence-corrected chi connectivity index (χ4v) is 2.31. The van der Waals surface area contributed by atoms with E-state index in [1.807, 2.05) is 12.1 Å². The van der Waals surface area contributed by atoms with Crippen LogP contribution in [0.3, 0.4) is 0 Å². The molecule has 0 atom stereocenters. The SMILES string of the molecule is CCCNCc1nc(-c2cccc(Br)c2)c(C)[nH]1. The lowest BCUT2D eigenvalue weighted by Crippen LogP contribution is -2.14. The standard InChI is InChI=1S/C14H18BrN3/c1-3-7-16-9-13-17-10(2)14(18-13)11-5-4-6-12(15)8-11/h4-6,8,16H,3,7,9H2,1-2H3,(H,17,18). The zero-order chi connectivity index (χ0) is 13.0. The second kappa shape index (κ2) is 6.16. The Morgan fingerprint density at radius 2 is 2.22 bits per heavy atom. The highest BCUT2D eigenvalue weighted by molar-refractivity contribution is 9.10. The summed E-state index contributed by atoms with van der Waals surface area (Å²) in [6.45, 7) is 6.04. The van der Waals surface area contributed by atoms with Crippen molar-refractivity contribution in [3.8, 4) is 11.3 Å². The molecular weight excluding hydrogens is 290 g/mol. The first-order chi connectivity index (χ1) is 8.70. The zero-order valence-corrected chi connectivity index (χ0v) is 12.3. The average Bonchev–Trinajstić information content (AvgIpc) is 2.71. The quantitative estimate of drug-likeness (QED) is 0.828. The highest BCUT2D eigenvalue weighted by atomic mass is 79.9. The van der Waals surface area contributed by atoms with Gasteiger partial charge in [0, 0.05) is 15.7 Å². The van der Waals surface area contributed by atoms with Gasteiger partial charge >= 0.3 is 0 Å². The van der Waals surface area contributed by atoms with Gasteiger partial charge in [-0.15, -0.1) is 0 Å². The molecule has 0 aliphatic carbocycles. The van der Waals surface area contributed by atoms with E-state index >= 15 is 0 Å². The van der Waals surface area contributed by atoms with Crippen LogP contribution in [0.25, 0.3) is 11.3 Å². The van der Waals surface area contributed by atoms with Crippen molar-refractivity contribution < 1.29 is 0 Å². The van der Waals surface area contributed by atoms with Crippen LogP contribution in [-0.4, -0.2) is 16.5 Å². The van der Waals surface area contributed by atoms with E-state index in [0.29, 0.717) is 0 Å². The van der Waals surface area contributed by atoms with E-state index in [-0.39, 0.29) is 0 Å². The lowest BCUT2D eigenvalue weighted by atomic mass is 10.1. The van der Waals surface area contributed by atoms with E-state index in [1.165, 1.54) is 0 Å². The summed E-state index contributed by atoms with van der Waals surface area (Å²) in [5, 5.41) is 3.35. The maximum Gasteiger partial charge on any atom is 0.121 e. The molecule has 0 fully saturated rings. The molecule has 0 unspecified atom stereocenters. The number of hydrogen-bond acceptors (Lipinski definition) is 2. The van der Waals surface area contributed by atoms with E-state index in [1.54, 1.807) is 0 Å². The van der Waals surface area contributed by atoms with Gasteiger partial charge in [-0.3, -0.25) is 0 Å². The molecule has 1 aromatic carbocycles. The molecule has 1 aromatic heterocycles. The van der Waals surface area contributed by atoms with Crippen molar-refractivity contribution in [2.75, 3.05) is 6.54 Å². The van der Waals surface area contributed by atoms with Crippen LogP contribution in [0.2, 0.25) is 0 Å². The number of aryl methyl sites for hydroxylation is 1. The minimum Gasteiger partial charge on any atom is -0.344 e. The fourth-order valence-electron chi connectivity index (χ4n) is 1.91. The number of hydrogen-bond donors (Lipinski definition) is 2.